The van der Waals surface area contributed by atoms with E-state index in [-0.39, 0.29) is 12.0 Å². The van der Waals surface area contributed by atoms with Crippen LogP contribution >= 0.6 is 0 Å². The van der Waals surface area contributed by atoms with Gasteiger partial charge in [-0.1, -0.05) is 12.8 Å². The molecule has 0 aromatic carbocycles. The minimum atomic E-state index is -4.26. The third-order valence-electron chi connectivity index (χ3n) is 4.38. The average Bonchev–Trinajstić information content (AvgIpc) is 3.00. The summed E-state index contributed by atoms with van der Waals surface area (Å²) in [7, 11) is 3.41. The quantitative estimate of drug-likeness (QED) is 0.360. The second kappa shape index (κ2) is 10.8. The lowest BCUT2D eigenvalue weighted by atomic mass is 9.83. The number of methoxy groups -OCH3 is 1. The van der Waals surface area contributed by atoms with Crippen LogP contribution in [-0.2, 0) is 9.47 Å². The minimum absolute atomic E-state index is 0.0707. The minimum Gasteiger partial charge on any atom is -0.385 e. The Labute approximate surface area is 142 Å². The molecule has 0 aliphatic heterocycles. The van der Waals surface area contributed by atoms with E-state index in [1.165, 1.54) is 25.7 Å². The maximum absolute atomic E-state index is 11.9. The van der Waals surface area contributed by atoms with Gasteiger partial charge >= 0.3 is 6.18 Å². The molecule has 0 aromatic heterocycles. The van der Waals surface area contributed by atoms with E-state index < -0.39 is 12.8 Å². The van der Waals surface area contributed by atoms with Gasteiger partial charge in [0.2, 0.25) is 0 Å². The molecule has 0 saturated heterocycles. The Morgan fingerprint density at radius 1 is 1.17 bits per heavy atom. The maximum Gasteiger partial charge on any atom is 0.411 e. The van der Waals surface area contributed by atoms with Gasteiger partial charge in [-0.25, -0.2) is 0 Å². The van der Waals surface area contributed by atoms with Crippen LogP contribution in [0.15, 0.2) is 4.99 Å². The number of nitrogens with one attached hydrogen (secondary N) is 2. The molecule has 1 rings (SSSR count). The predicted octanol–water partition coefficient (Wildman–Crippen LogP) is 2.72. The van der Waals surface area contributed by atoms with Crippen LogP contribution in [0.2, 0.25) is 0 Å². The number of alkyl halides is 3. The summed E-state index contributed by atoms with van der Waals surface area (Å²) in [6.45, 7) is 0.983. The number of halogens is 3. The van der Waals surface area contributed by atoms with Gasteiger partial charge in [-0.05, 0) is 31.1 Å². The van der Waals surface area contributed by atoms with Crippen LogP contribution in [0.3, 0.4) is 0 Å². The van der Waals surface area contributed by atoms with Crippen LogP contribution in [0.4, 0.5) is 13.2 Å². The van der Waals surface area contributed by atoms with Crippen molar-refractivity contribution in [1.29, 1.82) is 0 Å². The van der Waals surface area contributed by atoms with Gasteiger partial charge in [-0.15, -0.1) is 0 Å². The molecule has 0 atom stereocenters. The zero-order valence-corrected chi connectivity index (χ0v) is 14.7. The van der Waals surface area contributed by atoms with Crippen LogP contribution < -0.4 is 10.6 Å². The van der Waals surface area contributed by atoms with Gasteiger partial charge in [0.05, 0.1) is 0 Å². The standard InChI is InChI=1S/C16H30F3N3O2/c1-20-14(21-9-5-10-24-13-16(17,18)19)22-12-15(8-11-23-2)6-3-4-7-15/h3-13H2,1-2H3,(H2,20,21,22). The number of nitrogens with zero attached hydrogens (tertiary/aromatic N) is 1. The Kier molecular flexibility index (Phi) is 9.43. The third kappa shape index (κ3) is 8.73. The Morgan fingerprint density at radius 3 is 2.46 bits per heavy atom. The molecule has 142 valence electrons. The fourth-order valence-corrected chi connectivity index (χ4v) is 3.02. The van der Waals surface area contributed by atoms with Crippen molar-refractivity contribution < 1.29 is 22.6 Å². The lowest BCUT2D eigenvalue weighted by Gasteiger charge is -2.30. The molecule has 5 nitrogen and oxygen atoms in total. The van der Waals surface area contributed by atoms with E-state index in [0.29, 0.717) is 18.9 Å². The molecule has 1 fully saturated rings. The van der Waals surface area contributed by atoms with E-state index in [9.17, 15) is 13.2 Å². The molecule has 1 aliphatic carbocycles. The number of aliphatic imine (C=N–C) groups is 1. The number of hydrogen-bond donors (Lipinski definition) is 2. The molecular formula is C16H30F3N3O2. The fraction of sp³-hybridized carbons (Fsp3) is 0.938. The monoisotopic (exact) mass is 353 g/mol. The van der Waals surface area contributed by atoms with Crippen molar-refractivity contribution in [1.82, 2.24) is 10.6 Å². The Morgan fingerprint density at radius 2 is 1.88 bits per heavy atom. The topological polar surface area (TPSA) is 54.9 Å². The van der Waals surface area contributed by atoms with E-state index in [0.717, 1.165) is 19.6 Å². The smallest absolute Gasteiger partial charge is 0.385 e. The van der Waals surface area contributed by atoms with E-state index in [1.54, 1.807) is 14.2 Å². The normalized spacial score (nSPS) is 18.0. The Balaban J connectivity index is 2.22. The largest absolute Gasteiger partial charge is 0.411 e. The van der Waals surface area contributed by atoms with E-state index >= 15 is 0 Å². The molecule has 0 bridgehead atoms. The highest BCUT2D eigenvalue weighted by atomic mass is 19.4. The molecule has 0 amide bonds. The first-order chi connectivity index (χ1) is 11.4. The summed E-state index contributed by atoms with van der Waals surface area (Å²) in [4.78, 5) is 4.16. The molecule has 0 spiro atoms. The summed E-state index contributed by atoms with van der Waals surface area (Å²) >= 11 is 0. The molecular weight excluding hydrogens is 323 g/mol. The maximum atomic E-state index is 11.9. The lowest BCUT2D eigenvalue weighted by Crippen LogP contribution is -2.43. The zero-order valence-electron chi connectivity index (χ0n) is 14.7. The Bertz CT molecular complexity index is 370. The third-order valence-corrected chi connectivity index (χ3v) is 4.38. The summed E-state index contributed by atoms with van der Waals surface area (Å²) < 4.78 is 45.6. The highest BCUT2D eigenvalue weighted by molar-refractivity contribution is 5.79. The number of guanidine groups is 1. The summed E-state index contributed by atoms with van der Waals surface area (Å²) in [5, 5.41) is 6.45. The van der Waals surface area contributed by atoms with Gasteiger partial charge in [-0.2, -0.15) is 13.2 Å². The van der Waals surface area contributed by atoms with Crippen LogP contribution in [0, 0.1) is 5.41 Å². The zero-order chi connectivity index (χ0) is 17.9. The van der Waals surface area contributed by atoms with Crippen molar-refractivity contribution in [2.75, 3.05) is 47.1 Å². The van der Waals surface area contributed by atoms with Gasteiger partial charge in [0, 0.05) is 40.5 Å². The number of rotatable bonds is 10. The molecule has 1 aliphatic rings. The predicted molar refractivity (Wildman–Crippen MR) is 88.2 cm³/mol. The molecule has 0 aromatic rings. The highest BCUT2D eigenvalue weighted by Crippen LogP contribution is 2.40. The fourth-order valence-electron chi connectivity index (χ4n) is 3.02. The van der Waals surface area contributed by atoms with Crippen LogP contribution in [-0.4, -0.2) is 59.2 Å². The molecule has 0 heterocycles. The van der Waals surface area contributed by atoms with Crippen LogP contribution in [0.5, 0.6) is 0 Å². The number of hydrogen-bond acceptors (Lipinski definition) is 3. The molecule has 0 radical (unpaired) electrons. The van der Waals surface area contributed by atoms with Crippen molar-refractivity contribution in [3.05, 3.63) is 0 Å². The van der Waals surface area contributed by atoms with E-state index in [1.807, 2.05) is 0 Å². The van der Waals surface area contributed by atoms with Crippen LogP contribution in [0.1, 0.15) is 38.5 Å². The second-order valence-corrected chi connectivity index (χ2v) is 6.32. The highest BCUT2D eigenvalue weighted by Gasteiger charge is 2.33. The molecule has 2 N–H and O–H groups in total. The summed E-state index contributed by atoms with van der Waals surface area (Å²) in [6.07, 6.45) is 2.12. The second-order valence-electron chi connectivity index (χ2n) is 6.32. The molecule has 0 unspecified atom stereocenters. The van der Waals surface area contributed by atoms with Crippen molar-refractivity contribution in [3.8, 4) is 0 Å². The summed E-state index contributed by atoms with van der Waals surface area (Å²) in [6, 6.07) is 0. The first-order valence-electron chi connectivity index (χ1n) is 8.49. The molecule has 8 heteroatoms. The van der Waals surface area contributed by atoms with Gasteiger partial charge in [0.25, 0.3) is 0 Å². The van der Waals surface area contributed by atoms with Crippen molar-refractivity contribution in [2.45, 2.75) is 44.7 Å². The Hall–Kier alpha value is -1.02. The summed E-state index contributed by atoms with van der Waals surface area (Å²) in [5.74, 6) is 0.675. The average molecular weight is 353 g/mol. The van der Waals surface area contributed by atoms with Crippen molar-refractivity contribution >= 4 is 5.96 Å². The van der Waals surface area contributed by atoms with Crippen molar-refractivity contribution in [3.63, 3.8) is 0 Å². The van der Waals surface area contributed by atoms with Crippen molar-refractivity contribution in [2.24, 2.45) is 10.4 Å². The lowest BCUT2D eigenvalue weighted by molar-refractivity contribution is -0.173. The van der Waals surface area contributed by atoms with Gasteiger partial charge in [0.1, 0.15) is 6.61 Å². The van der Waals surface area contributed by atoms with Crippen LogP contribution in [0.25, 0.3) is 0 Å². The molecule has 24 heavy (non-hydrogen) atoms. The molecule has 1 saturated carbocycles. The van der Waals surface area contributed by atoms with Gasteiger partial charge in [0.15, 0.2) is 5.96 Å². The first kappa shape index (κ1) is 21.0. The van der Waals surface area contributed by atoms with Gasteiger partial charge < -0.3 is 20.1 Å². The van der Waals surface area contributed by atoms with E-state index in [2.05, 4.69) is 20.4 Å². The summed E-state index contributed by atoms with van der Waals surface area (Å²) in [5.41, 5.74) is 0.253. The SMILES string of the molecule is CN=C(NCCCOCC(F)(F)F)NCC1(CCOC)CCCC1. The van der Waals surface area contributed by atoms with E-state index in [4.69, 9.17) is 4.74 Å². The number of ether oxygens (including phenoxy) is 2. The van der Waals surface area contributed by atoms with Gasteiger partial charge in [-0.3, -0.25) is 4.99 Å². The first-order valence-corrected chi connectivity index (χ1v) is 8.49.